The zero-order chi connectivity index (χ0) is 21.0. The minimum atomic E-state index is -1.04. The van der Waals surface area contributed by atoms with Crippen LogP contribution in [0.25, 0.3) is 0 Å². The molecule has 1 unspecified atom stereocenters. The highest BCUT2D eigenvalue weighted by Gasteiger charge is 2.41. The van der Waals surface area contributed by atoms with Gasteiger partial charge in [0.25, 0.3) is 0 Å². The Morgan fingerprint density at radius 1 is 0.897 bits per heavy atom. The highest BCUT2D eigenvalue weighted by atomic mass is 35.5. The molecule has 0 bridgehead atoms. The summed E-state index contributed by atoms with van der Waals surface area (Å²) in [4.78, 5) is 11.4. The number of carboxylic acids is 1. The molecule has 0 aliphatic carbocycles. The average Bonchev–Trinajstić information content (AvgIpc) is 2.63. The van der Waals surface area contributed by atoms with Gasteiger partial charge < -0.3 is 14.9 Å². The van der Waals surface area contributed by atoms with Crippen LogP contribution < -0.4 is 4.74 Å². The highest BCUT2D eigenvalue weighted by Crippen LogP contribution is 2.33. The van der Waals surface area contributed by atoms with Crippen molar-refractivity contribution < 1.29 is 19.7 Å². The van der Waals surface area contributed by atoms with Crippen molar-refractivity contribution in [1.82, 2.24) is 0 Å². The minimum absolute atomic E-state index is 0. The number of hydrogen-bond acceptors (Lipinski definition) is 3. The molecule has 1 aromatic carbocycles. The molecule has 0 fully saturated rings. The van der Waals surface area contributed by atoms with Crippen LogP contribution in [0.3, 0.4) is 0 Å². The summed E-state index contributed by atoms with van der Waals surface area (Å²) in [6, 6.07) is 6.58. The molecule has 0 aliphatic rings. The van der Waals surface area contributed by atoms with Crippen LogP contribution in [0, 0.1) is 0 Å². The fourth-order valence-electron chi connectivity index (χ4n) is 3.37. The summed E-state index contributed by atoms with van der Waals surface area (Å²) in [5.74, 6) is -0.732. The Hall–Kier alpha value is -1.26. The molecule has 0 aliphatic heterocycles. The van der Waals surface area contributed by atoms with Gasteiger partial charge in [-0.05, 0) is 39.3 Å². The third-order valence-corrected chi connectivity index (χ3v) is 5.80. The second kappa shape index (κ2) is 13.9. The van der Waals surface area contributed by atoms with E-state index >= 15 is 0 Å². The van der Waals surface area contributed by atoms with E-state index in [-0.39, 0.29) is 18.0 Å². The van der Waals surface area contributed by atoms with Crippen LogP contribution in [0.2, 0.25) is 0 Å². The van der Waals surface area contributed by atoms with Crippen LogP contribution >= 0.6 is 12.4 Å². The Kier molecular flexibility index (Phi) is 13.3. The van der Waals surface area contributed by atoms with E-state index in [2.05, 4.69) is 6.92 Å². The van der Waals surface area contributed by atoms with Gasteiger partial charge in [0.15, 0.2) is 0 Å². The van der Waals surface area contributed by atoms with Gasteiger partial charge in [-0.1, -0.05) is 83.3 Å². The van der Waals surface area contributed by atoms with E-state index in [9.17, 15) is 15.0 Å². The van der Waals surface area contributed by atoms with E-state index in [1.54, 1.807) is 25.1 Å². The number of unbranched alkanes of at least 4 members (excludes halogenated alkanes) is 9. The Bertz CT molecular complexity index is 584. The highest BCUT2D eigenvalue weighted by molar-refractivity contribution is 5.90. The number of carboxylic acid groups (broad SMARTS) is 1. The largest absolute Gasteiger partial charge is 0.484 e. The zero-order valence-corrected chi connectivity index (χ0v) is 19.5. The fraction of sp³-hybridized carbons (Fsp3) is 0.708. The molecule has 0 aromatic heterocycles. The summed E-state index contributed by atoms with van der Waals surface area (Å²) in [6.45, 7) is 7.67. The lowest BCUT2D eigenvalue weighted by Crippen LogP contribution is -2.52. The summed E-state index contributed by atoms with van der Waals surface area (Å²) >= 11 is 0. The van der Waals surface area contributed by atoms with E-state index in [1.165, 1.54) is 57.4 Å². The molecule has 0 saturated carbocycles. The maximum absolute atomic E-state index is 11.4. The molecule has 29 heavy (non-hydrogen) atoms. The molecule has 1 aromatic rings. The van der Waals surface area contributed by atoms with Crippen molar-refractivity contribution in [3.8, 4) is 5.75 Å². The monoisotopic (exact) mass is 428 g/mol. The number of ether oxygens (including phenoxy) is 1. The topological polar surface area (TPSA) is 66.8 Å². The summed E-state index contributed by atoms with van der Waals surface area (Å²) in [6.07, 6.45) is 13.1. The molecule has 5 heteroatoms. The molecule has 0 amide bonds. The maximum atomic E-state index is 11.4. The molecular weight excluding hydrogens is 388 g/mol. The van der Waals surface area contributed by atoms with Crippen molar-refractivity contribution in [3.05, 3.63) is 29.8 Å². The van der Waals surface area contributed by atoms with E-state index in [0.717, 1.165) is 12.8 Å². The SMILES string of the molecule is CCCCCCCCCCCCC(C)(O)C(C)(C)Oc1ccccc1C(=O)O.Cl. The number of halogens is 1. The van der Waals surface area contributed by atoms with Crippen molar-refractivity contribution in [3.63, 3.8) is 0 Å². The first-order valence-corrected chi connectivity index (χ1v) is 10.9. The Balaban J connectivity index is 0.00000784. The molecule has 0 radical (unpaired) electrons. The third-order valence-electron chi connectivity index (χ3n) is 5.80. The predicted octanol–water partition coefficient (Wildman–Crippen LogP) is 7.03. The van der Waals surface area contributed by atoms with Gasteiger partial charge in [-0.25, -0.2) is 4.79 Å². The van der Waals surface area contributed by atoms with Crippen LogP contribution in [-0.2, 0) is 0 Å². The van der Waals surface area contributed by atoms with Crippen LogP contribution in [0.4, 0.5) is 0 Å². The lowest BCUT2D eigenvalue weighted by Gasteiger charge is -2.40. The van der Waals surface area contributed by atoms with Crippen molar-refractivity contribution in [1.29, 1.82) is 0 Å². The Morgan fingerprint density at radius 2 is 1.38 bits per heavy atom. The number of hydrogen-bond donors (Lipinski definition) is 2. The number of benzene rings is 1. The van der Waals surface area contributed by atoms with E-state index in [0.29, 0.717) is 12.2 Å². The van der Waals surface area contributed by atoms with Gasteiger partial charge in [-0.3, -0.25) is 0 Å². The van der Waals surface area contributed by atoms with Crippen LogP contribution in [0.15, 0.2) is 24.3 Å². The van der Waals surface area contributed by atoms with Crippen molar-refractivity contribution in [2.75, 3.05) is 0 Å². The second-order valence-corrected chi connectivity index (χ2v) is 8.62. The first-order valence-electron chi connectivity index (χ1n) is 10.9. The normalized spacial score (nSPS) is 13.4. The quantitative estimate of drug-likeness (QED) is 0.294. The first-order chi connectivity index (χ1) is 13.2. The number of para-hydroxylation sites is 1. The smallest absolute Gasteiger partial charge is 0.339 e. The fourth-order valence-corrected chi connectivity index (χ4v) is 3.37. The second-order valence-electron chi connectivity index (χ2n) is 8.62. The van der Waals surface area contributed by atoms with Crippen LogP contribution in [-0.4, -0.2) is 27.4 Å². The average molecular weight is 429 g/mol. The summed E-state index contributed by atoms with van der Waals surface area (Å²) in [5, 5.41) is 20.3. The number of carbonyl (C=O) groups is 1. The third kappa shape index (κ3) is 9.86. The van der Waals surface area contributed by atoms with Crippen LogP contribution in [0.1, 0.15) is 109 Å². The molecule has 0 saturated heterocycles. The lowest BCUT2D eigenvalue weighted by atomic mass is 9.82. The Labute approximate surface area is 183 Å². The minimum Gasteiger partial charge on any atom is -0.484 e. The Morgan fingerprint density at radius 3 is 1.90 bits per heavy atom. The standard InChI is InChI=1S/C24H40O4.ClH/c1-5-6-7-8-9-10-11-12-13-16-19-24(4,27)23(2,3)28-21-18-15-14-17-20(21)22(25)26;/h14-15,17-18,27H,5-13,16,19H2,1-4H3,(H,25,26);1H. The van der Waals surface area contributed by atoms with Gasteiger partial charge >= 0.3 is 5.97 Å². The number of aliphatic hydroxyl groups is 1. The first kappa shape index (κ1) is 27.7. The summed E-state index contributed by atoms with van der Waals surface area (Å²) in [5.41, 5.74) is -1.82. The van der Waals surface area contributed by atoms with E-state index < -0.39 is 17.2 Å². The van der Waals surface area contributed by atoms with Gasteiger partial charge in [0, 0.05) is 0 Å². The van der Waals surface area contributed by atoms with Gasteiger partial charge in [-0.2, -0.15) is 0 Å². The van der Waals surface area contributed by atoms with Gasteiger partial charge in [0.1, 0.15) is 22.5 Å². The van der Waals surface area contributed by atoms with Gasteiger partial charge in [0.05, 0.1) is 0 Å². The number of rotatable bonds is 15. The van der Waals surface area contributed by atoms with Crippen molar-refractivity contribution in [2.45, 2.75) is 110 Å². The van der Waals surface area contributed by atoms with Crippen molar-refractivity contribution in [2.24, 2.45) is 0 Å². The molecule has 0 spiro atoms. The molecule has 2 N–H and O–H groups in total. The predicted molar refractivity (Wildman–Crippen MR) is 122 cm³/mol. The summed E-state index contributed by atoms with van der Waals surface area (Å²) < 4.78 is 5.97. The number of aromatic carboxylic acids is 1. The molecular formula is C24H41ClO4. The maximum Gasteiger partial charge on any atom is 0.339 e. The zero-order valence-electron chi connectivity index (χ0n) is 18.7. The van der Waals surface area contributed by atoms with Gasteiger partial charge in [0.2, 0.25) is 0 Å². The van der Waals surface area contributed by atoms with Crippen LogP contribution in [0.5, 0.6) is 5.75 Å². The van der Waals surface area contributed by atoms with Crippen molar-refractivity contribution >= 4 is 18.4 Å². The summed E-state index contributed by atoms with van der Waals surface area (Å²) in [7, 11) is 0. The molecule has 168 valence electrons. The molecule has 1 rings (SSSR count). The molecule has 1 atom stereocenters. The van der Waals surface area contributed by atoms with E-state index in [1.807, 2.05) is 13.8 Å². The molecule has 4 nitrogen and oxygen atoms in total. The van der Waals surface area contributed by atoms with Gasteiger partial charge in [-0.15, -0.1) is 12.4 Å². The van der Waals surface area contributed by atoms with E-state index in [4.69, 9.17) is 4.74 Å². The lowest BCUT2D eigenvalue weighted by molar-refractivity contribution is -0.109. The molecule has 0 heterocycles.